The van der Waals surface area contributed by atoms with E-state index in [2.05, 4.69) is 33.2 Å². The number of thioether (sulfide) groups is 1. The van der Waals surface area contributed by atoms with Gasteiger partial charge < -0.3 is 5.32 Å². The van der Waals surface area contributed by atoms with Crippen LogP contribution in [0.4, 0.5) is 16.2 Å². The topological polar surface area (TPSA) is 44.7 Å². The van der Waals surface area contributed by atoms with Crippen LogP contribution in [0.5, 0.6) is 0 Å². The molecule has 2 amide bonds. The number of anilines is 2. The molecule has 0 saturated heterocycles. The highest BCUT2D eigenvalue weighted by molar-refractivity contribution is 9.10. The third-order valence-corrected chi connectivity index (χ3v) is 5.78. The summed E-state index contributed by atoms with van der Waals surface area (Å²) in [6, 6.07) is 12.2. The van der Waals surface area contributed by atoms with Gasteiger partial charge in [0, 0.05) is 15.4 Å². The van der Waals surface area contributed by atoms with Gasteiger partial charge in [0.15, 0.2) is 5.17 Å². The summed E-state index contributed by atoms with van der Waals surface area (Å²) in [6.07, 6.45) is 0. The summed E-state index contributed by atoms with van der Waals surface area (Å²) in [4.78, 5) is 19.0. The van der Waals surface area contributed by atoms with Crippen molar-refractivity contribution < 1.29 is 4.79 Å². The Hall–Kier alpha value is -1.21. The molecular formula is C17H14BrCl2N3OS. The summed E-state index contributed by atoms with van der Waals surface area (Å²) in [7, 11) is 0. The number of urea groups is 1. The Bertz CT molecular complexity index is 829. The molecule has 25 heavy (non-hydrogen) atoms. The number of nitrogens with zero attached hydrogens (tertiary/aromatic N) is 2. The second-order valence-corrected chi connectivity index (χ2v) is 8.56. The standard InChI is InChI=1S/C17H14BrCl2N3OS/c1-10-9-21-17(25-10)23(13-5-2-11(18)3-6-13)16(24)22-12-4-7-14(19)15(20)8-12/h2-8,10H,9H2,1H3,(H,22,24). The van der Waals surface area contributed by atoms with Crippen molar-refractivity contribution >= 4 is 73.5 Å². The second-order valence-electron chi connectivity index (χ2n) is 5.42. The molecular weight excluding hydrogens is 445 g/mol. The summed E-state index contributed by atoms with van der Waals surface area (Å²) in [5.41, 5.74) is 1.30. The van der Waals surface area contributed by atoms with Gasteiger partial charge in [-0.15, -0.1) is 0 Å². The van der Waals surface area contributed by atoms with Gasteiger partial charge in [0.25, 0.3) is 0 Å². The summed E-state index contributed by atoms with van der Waals surface area (Å²) < 4.78 is 0.940. The molecule has 130 valence electrons. The van der Waals surface area contributed by atoms with Gasteiger partial charge in [0.05, 0.1) is 22.3 Å². The fourth-order valence-electron chi connectivity index (χ4n) is 2.24. The summed E-state index contributed by atoms with van der Waals surface area (Å²) in [5.74, 6) is 0. The lowest BCUT2D eigenvalue weighted by Crippen LogP contribution is -2.38. The Morgan fingerprint density at radius 1 is 1.24 bits per heavy atom. The van der Waals surface area contributed by atoms with E-state index in [1.165, 1.54) is 0 Å². The normalized spacial score (nSPS) is 16.5. The number of hydrogen-bond acceptors (Lipinski definition) is 3. The fourth-order valence-corrected chi connectivity index (χ4v) is 3.76. The first kappa shape index (κ1) is 18.6. The van der Waals surface area contributed by atoms with E-state index >= 15 is 0 Å². The molecule has 1 aliphatic rings. The highest BCUT2D eigenvalue weighted by atomic mass is 79.9. The second kappa shape index (κ2) is 7.99. The number of halogens is 3. The highest BCUT2D eigenvalue weighted by Crippen LogP contribution is 2.30. The molecule has 0 aromatic heterocycles. The number of carbonyl (C=O) groups is 1. The van der Waals surface area contributed by atoms with Crippen molar-refractivity contribution in [1.29, 1.82) is 0 Å². The smallest absolute Gasteiger partial charge is 0.307 e. The number of amidine groups is 1. The number of rotatable bonds is 2. The summed E-state index contributed by atoms with van der Waals surface area (Å²) in [5, 5.41) is 4.69. The highest BCUT2D eigenvalue weighted by Gasteiger charge is 2.27. The molecule has 0 saturated carbocycles. The minimum atomic E-state index is -0.305. The third kappa shape index (κ3) is 4.50. The minimum Gasteiger partial charge on any atom is -0.307 e. The molecule has 3 rings (SSSR count). The molecule has 0 fully saturated rings. The molecule has 1 atom stereocenters. The molecule has 4 nitrogen and oxygen atoms in total. The van der Waals surface area contributed by atoms with E-state index in [4.69, 9.17) is 23.2 Å². The molecule has 1 aliphatic heterocycles. The fraction of sp³-hybridized carbons (Fsp3) is 0.176. The van der Waals surface area contributed by atoms with Gasteiger partial charge in [-0.3, -0.25) is 4.99 Å². The first-order chi connectivity index (χ1) is 11.9. The molecule has 8 heteroatoms. The third-order valence-electron chi connectivity index (χ3n) is 3.44. The number of aliphatic imine (C=N–C) groups is 1. The Morgan fingerprint density at radius 3 is 2.56 bits per heavy atom. The van der Waals surface area contributed by atoms with Gasteiger partial charge in [-0.05, 0) is 42.5 Å². The first-order valence-electron chi connectivity index (χ1n) is 7.47. The summed E-state index contributed by atoms with van der Waals surface area (Å²) >= 11 is 16.9. The van der Waals surface area contributed by atoms with Crippen molar-refractivity contribution in [1.82, 2.24) is 0 Å². The van der Waals surface area contributed by atoms with Gasteiger partial charge in [0.1, 0.15) is 0 Å². The van der Waals surface area contributed by atoms with Crippen LogP contribution in [0.15, 0.2) is 51.9 Å². The van der Waals surface area contributed by atoms with E-state index in [0.717, 1.165) is 10.2 Å². The Kier molecular flexibility index (Phi) is 5.94. The molecule has 1 N–H and O–H groups in total. The molecule has 0 bridgehead atoms. The zero-order valence-corrected chi connectivity index (χ0v) is 17.1. The van der Waals surface area contributed by atoms with Crippen molar-refractivity contribution in [2.75, 3.05) is 16.8 Å². The quantitative estimate of drug-likeness (QED) is 0.574. The van der Waals surface area contributed by atoms with E-state index in [9.17, 15) is 4.79 Å². The molecule has 2 aromatic rings. The Morgan fingerprint density at radius 2 is 1.96 bits per heavy atom. The molecule has 1 unspecified atom stereocenters. The SMILES string of the molecule is CC1CN=C(N(C(=O)Nc2ccc(Cl)c(Cl)c2)c2ccc(Br)cc2)S1. The van der Waals surface area contributed by atoms with Crippen LogP contribution in [-0.4, -0.2) is 23.0 Å². The van der Waals surface area contributed by atoms with Gasteiger partial charge in [-0.25, -0.2) is 9.69 Å². The minimum absolute atomic E-state index is 0.305. The molecule has 0 aliphatic carbocycles. The van der Waals surface area contributed by atoms with E-state index in [1.807, 2.05) is 24.3 Å². The van der Waals surface area contributed by atoms with Crippen LogP contribution in [-0.2, 0) is 0 Å². The van der Waals surface area contributed by atoms with Gasteiger partial charge in [-0.1, -0.05) is 57.8 Å². The average Bonchev–Trinajstić information content (AvgIpc) is 2.99. The lowest BCUT2D eigenvalue weighted by Gasteiger charge is -2.23. The summed E-state index contributed by atoms with van der Waals surface area (Å²) in [6.45, 7) is 2.77. The largest absolute Gasteiger partial charge is 0.332 e. The maximum atomic E-state index is 12.9. The maximum Gasteiger partial charge on any atom is 0.332 e. The lowest BCUT2D eigenvalue weighted by atomic mass is 10.3. The van der Waals surface area contributed by atoms with E-state index in [0.29, 0.717) is 32.7 Å². The van der Waals surface area contributed by atoms with E-state index < -0.39 is 0 Å². The predicted octanol–water partition coefficient (Wildman–Crippen LogP) is 6.29. The van der Waals surface area contributed by atoms with Crippen LogP contribution in [0.3, 0.4) is 0 Å². The Balaban J connectivity index is 1.89. The van der Waals surface area contributed by atoms with E-state index in [1.54, 1.807) is 34.9 Å². The van der Waals surface area contributed by atoms with Crippen molar-refractivity contribution in [3.05, 3.63) is 57.0 Å². The zero-order chi connectivity index (χ0) is 18.0. The van der Waals surface area contributed by atoms with E-state index in [-0.39, 0.29) is 6.03 Å². The van der Waals surface area contributed by atoms with Crippen LogP contribution in [0.1, 0.15) is 6.92 Å². The van der Waals surface area contributed by atoms with Crippen LogP contribution < -0.4 is 10.2 Å². The van der Waals surface area contributed by atoms with Crippen molar-refractivity contribution in [3.63, 3.8) is 0 Å². The predicted molar refractivity (Wildman–Crippen MR) is 111 cm³/mol. The number of benzene rings is 2. The number of nitrogens with one attached hydrogen (secondary N) is 1. The van der Waals surface area contributed by atoms with Crippen LogP contribution in [0.25, 0.3) is 0 Å². The molecule has 0 spiro atoms. The molecule has 0 radical (unpaired) electrons. The van der Waals surface area contributed by atoms with Crippen LogP contribution in [0, 0.1) is 0 Å². The van der Waals surface area contributed by atoms with Gasteiger partial charge >= 0.3 is 6.03 Å². The zero-order valence-electron chi connectivity index (χ0n) is 13.2. The molecule has 2 aromatic carbocycles. The van der Waals surface area contributed by atoms with Gasteiger partial charge in [0.2, 0.25) is 0 Å². The van der Waals surface area contributed by atoms with Crippen molar-refractivity contribution in [3.8, 4) is 0 Å². The number of amides is 2. The van der Waals surface area contributed by atoms with Crippen LogP contribution >= 0.6 is 50.9 Å². The lowest BCUT2D eigenvalue weighted by molar-refractivity contribution is 0.259. The Labute approximate surface area is 168 Å². The average molecular weight is 459 g/mol. The monoisotopic (exact) mass is 457 g/mol. The molecule has 1 heterocycles. The van der Waals surface area contributed by atoms with Crippen LogP contribution in [0.2, 0.25) is 10.0 Å². The van der Waals surface area contributed by atoms with Crippen molar-refractivity contribution in [2.24, 2.45) is 4.99 Å². The van der Waals surface area contributed by atoms with Gasteiger partial charge in [-0.2, -0.15) is 0 Å². The number of hydrogen-bond donors (Lipinski definition) is 1. The number of carbonyl (C=O) groups excluding carboxylic acids is 1. The first-order valence-corrected chi connectivity index (χ1v) is 9.90. The van der Waals surface area contributed by atoms with Crippen molar-refractivity contribution in [2.45, 2.75) is 12.2 Å². The maximum absolute atomic E-state index is 12.9.